The van der Waals surface area contributed by atoms with Gasteiger partial charge in [0.25, 0.3) is 10.1 Å². The zero-order chi connectivity index (χ0) is 24.2. The number of aromatic carboxylic acids is 1. The molecular weight excluding hydrogens is 448 g/mol. The third-order valence-electron chi connectivity index (χ3n) is 5.09. The molecule has 0 aliphatic carbocycles. The van der Waals surface area contributed by atoms with Gasteiger partial charge in [-0.3, -0.25) is 9.35 Å². The Morgan fingerprint density at radius 1 is 1.31 bits per heavy atom. The van der Waals surface area contributed by atoms with Crippen molar-refractivity contribution in [1.29, 1.82) is 0 Å². The summed E-state index contributed by atoms with van der Waals surface area (Å²) in [6, 6.07) is 0.965. The van der Waals surface area contributed by atoms with Crippen molar-refractivity contribution < 1.29 is 31.7 Å². The Morgan fingerprint density at radius 2 is 1.94 bits per heavy atom. The molecule has 0 saturated carbocycles. The Bertz CT molecular complexity index is 1160. The van der Waals surface area contributed by atoms with Gasteiger partial charge in [-0.2, -0.15) is 8.42 Å². The minimum absolute atomic E-state index is 0.0565. The molecule has 3 rings (SSSR count). The number of fused-ring (bicyclic) bond motifs is 1. The summed E-state index contributed by atoms with van der Waals surface area (Å²) in [5.41, 5.74) is -1.58. The Hall–Kier alpha value is -2.57. The van der Waals surface area contributed by atoms with Gasteiger partial charge in [0, 0.05) is 25.8 Å². The molecule has 1 aromatic carbocycles. The SMILES string of the molecule is CCNC[C@@H]1CCN(c2c(F)cc3c(=O)c(C(=O)O)cn(CC)c3c2F)C1.CS(=O)(=O)O. The van der Waals surface area contributed by atoms with Crippen LogP contribution in [0.25, 0.3) is 10.9 Å². The number of pyridine rings is 1. The van der Waals surface area contributed by atoms with E-state index in [4.69, 9.17) is 4.55 Å². The highest BCUT2D eigenvalue weighted by Crippen LogP contribution is 2.33. The molecule has 1 aliphatic rings. The van der Waals surface area contributed by atoms with E-state index in [-0.39, 0.29) is 23.1 Å². The van der Waals surface area contributed by atoms with Gasteiger partial charge in [0.2, 0.25) is 5.43 Å². The van der Waals surface area contributed by atoms with Crippen LogP contribution in [0.1, 0.15) is 30.6 Å². The molecule has 0 amide bonds. The minimum atomic E-state index is -3.67. The lowest BCUT2D eigenvalue weighted by Crippen LogP contribution is -2.28. The molecular formula is C20H27F2N3O6S. The molecule has 0 unspecified atom stereocenters. The maximum atomic E-state index is 15.3. The zero-order valence-electron chi connectivity index (χ0n) is 18.1. The Labute approximate surface area is 184 Å². The van der Waals surface area contributed by atoms with Crippen LogP contribution in [-0.4, -0.2) is 61.0 Å². The number of benzene rings is 1. The van der Waals surface area contributed by atoms with Crippen LogP contribution >= 0.6 is 0 Å². The van der Waals surface area contributed by atoms with Crippen molar-refractivity contribution in [3.8, 4) is 0 Å². The molecule has 0 spiro atoms. The fourth-order valence-electron chi connectivity index (χ4n) is 3.72. The van der Waals surface area contributed by atoms with E-state index in [2.05, 4.69) is 5.32 Å². The van der Waals surface area contributed by atoms with Gasteiger partial charge in [0.15, 0.2) is 5.82 Å². The van der Waals surface area contributed by atoms with Gasteiger partial charge >= 0.3 is 5.97 Å². The average Bonchev–Trinajstić information content (AvgIpc) is 3.14. The van der Waals surface area contributed by atoms with Gasteiger partial charge in [-0.1, -0.05) is 6.92 Å². The first-order valence-corrected chi connectivity index (χ1v) is 11.9. The van der Waals surface area contributed by atoms with Crippen LogP contribution in [0.3, 0.4) is 0 Å². The van der Waals surface area contributed by atoms with E-state index < -0.39 is 38.7 Å². The van der Waals surface area contributed by atoms with Gasteiger partial charge in [-0.25, -0.2) is 13.6 Å². The van der Waals surface area contributed by atoms with E-state index in [1.165, 1.54) is 4.57 Å². The molecule has 9 nitrogen and oxygen atoms in total. The van der Waals surface area contributed by atoms with Crippen molar-refractivity contribution in [3.63, 3.8) is 0 Å². The van der Waals surface area contributed by atoms with Crippen LogP contribution < -0.4 is 15.6 Å². The highest BCUT2D eigenvalue weighted by atomic mass is 32.2. The number of nitrogens with one attached hydrogen (secondary N) is 1. The molecule has 1 aliphatic heterocycles. The standard InChI is InChI=1S/C19H23F2N3O3.CH4O3S/c1-3-22-8-11-5-6-24(9-11)17-14(20)7-12-16(15(17)21)23(4-2)10-13(18(12)25)19(26)27;1-5(2,3)4/h7,10-11,22H,3-6,8-9H2,1-2H3,(H,26,27);1H3,(H,2,3,4)/t11-;/m0./s1. The van der Waals surface area contributed by atoms with E-state index in [1.54, 1.807) is 11.8 Å². The molecule has 1 aromatic heterocycles. The van der Waals surface area contributed by atoms with Crippen molar-refractivity contribution in [2.75, 3.05) is 37.3 Å². The quantitative estimate of drug-likeness (QED) is 0.541. The summed E-state index contributed by atoms with van der Waals surface area (Å²) < 4.78 is 57.3. The normalized spacial score (nSPS) is 16.2. The molecule has 12 heteroatoms. The van der Waals surface area contributed by atoms with Crippen molar-refractivity contribution >= 4 is 32.7 Å². The maximum Gasteiger partial charge on any atom is 0.341 e. The number of aromatic nitrogens is 1. The number of nitrogens with zero attached hydrogens (tertiary/aromatic N) is 2. The third kappa shape index (κ3) is 6.02. The number of carboxylic acids is 1. The summed E-state index contributed by atoms with van der Waals surface area (Å²) in [7, 11) is -3.67. The molecule has 32 heavy (non-hydrogen) atoms. The molecule has 2 aromatic rings. The van der Waals surface area contributed by atoms with Crippen LogP contribution in [0.5, 0.6) is 0 Å². The predicted octanol–water partition coefficient (Wildman–Crippen LogP) is 1.94. The fourth-order valence-corrected chi connectivity index (χ4v) is 3.72. The lowest BCUT2D eigenvalue weighted by molar-refractivity contribution is 0.0694. The first kappa shape index (κ1) is 25.7. The van der Waals surface area contributed by atoms with Crippen LogP contribution in [0.15, 0.2) is 17.1 Å². The number of carboxylic acid groups (broad SMARTS) is 1. The van der Waals surface area contributed by atoms with Gasteiger partial charge in [-0.15, -0.1) is 0 Å². The second kappa shape index (κ2) is 10.4. The summed E-state index contributed by atoms with van der Waals surface area (Å²) in [5.74, 6) is -2.78. The number of hydrogen-bond donors (Lipinski definition) is 3. The van der Waals surface area contributed by atoms with Crippen molar-refractivity contribution in [3.05, 3.63) is 39.7 Å². The largest absolute Gasteiger partial charge is 0.477 e. The summed E-state index contributed by atoms with van der Waals surface area (Å²) in [6.45, 7) is 6.64. The molecule has 2 heterocycles. The Kier molecular flexibility index (Phi) is 8.32. The first-order chi connectivity index (χ1) is 14.9. The number of hydrogen-bond acceptors (Lipinski definition) is 6. The van der Waals surface area contributed by atoms with Crippen LogP contribution in [0.4, 0.5) is 14.5 Å². The van der Waals surface area contributed by atoms with E-state index in [1.807, 2.05) is 6.92 Å². The van der Waals surface area contributed by atoms with Crippen molar-refractivity contribution in [1.82, 2.24) is 9.88 Å². The van der Waals surface area contributed by atoms with Gasteiger partial charge in [0.05, 0.1) is 17.2 Å². The average molecular weight is 476 g/mol. The number of aryl methyl sites for hydroxylation is 1. The minimum Gasteiger partial charge on any atom is -0.477 e. The topological polar surface area (TPSA) is 129 Å². The van der Waals surface area contributed by atoms with Gasteiger partial charge in [-0.05, 0) is 38.4 Å². The highest BCUT2D eigenvalue weighted by Gasteiger charge is 2.29. The molecule has 178 valence electrons. The second-order valence-corrected chi connectivity index (χ2v) is 8.99. The second-order valence-electron chi connectivity index (χ2n) is 7.52. The van der Waals surface area contributed by atoms with E-state index in [0.717, 1.165) is 31.8 Å². The highest BCUT2D eigenvalue weighted by molar-refractivity contribution is 7.85. The molecule has 1 fully saturated rings. The summed E-state index contributed by atoms with van der Waals surface area (Å²) in [6.07, 6.45) is 2.66. The van der Waals surface area contributed by atoms with Crippen LogP contribution in [-0.2, 0) is 16.7 Å². The predicted molar refractivity (Wildman–Crippen MR) is 117 cm³/mol. The van der Waals surface area contributed by atoms with E-state index in [9.17, 15) is 27.5 Å². The Balaban J connectivity index is 0.000000654. The van der Waals surface area contributed by atoms with Crippen molar-refractivity contribution in [2.24, 2.45) is 5.92 Å². The fraction of sp³-hybridized carbons (Fsp3) is 0.500. The first-order valence-electron chi connectivity index (χ1n) is 10.1. The Morgan fingerprint density at radius 3 is 2.47 bits per heavy atom. The summed E-state index contributed by atoms with van der Waals surface area (Å²) >= 11 is 0. The lowest BCUT2D eigenvalue weighted by atomic mass is 10.1. The maximum absolute atomic E-state index is 15.3. The summed E-state index contributed by atoms with van der Waals surface area (Å²) in [4.78, 5) is 25.4. The van der Waals surface area contributed by atoms with Crippen LogP contribution in [0, 0.1) is 17.6 Å². The lowest BCUT2D eigenvalue weighted by Gasteiger charge is -2.22. The monoisotopic (exact) mass is 475 g/mol. The van der Waals surface area contributed by atoms with Crippen molar-refractivity contribution in [2.45, 2.75) is 26.8 Å². The van der Waals surface area contributed by atoms with E-state index >= 15 is 4.39 Å². The number of carbonyl (C=O) groups is 1. The molecule has 3 N–H and O–H groups in total. The number of halogens is 2. The molecule has 0 bridgehead atoms. The zero-order valence-corrected chi connectivity index (χ0v) is 18.9. The molecule has 0 radical (unpaired) electrons. The number of rotatable bonds is 6. The molecule has 1 atom stereocenters. The smallest absolute Gasteiger partial charge is 0.341 e. The van der Waals surface area contributed by atoms with Gasteiger partial charge < -0.3 is 19.9 Å². The number of anilines is 1. The third-order valence-corrected chi connectivity index (χ3v) is 5.09. The van der Waals surface area contributed by atoms with E-state index in [0.29, 0.717) is 25.3 Å². The molecule has 1 saturated heterocycles. The van der Waals surface area contributed by atoms with Crippen LogP contribution in [0.2, 0.25) is 0 Å². The van der Waals surface area contributed by atoms with Gasteiger partial charge in [0.1, 0.15) is 17.1 Å². The summed E-state index contributed by atoms with van der Waals surface area (Å²) in [5, 5.41) is 12.2.